The van der Waals surface area contributed by atoms with Crippen molar-refractivity contribution in [2.75, 3.05) is 12.4 Å². The molecule has 0 spiro atoms. The van der Waals surface area contributed by atoms with Gasteiger partial charge < -0.3 is 15.1 Å². The van der Waals surface area contributed by atoms with E-state index in [1.165, 1.54) is 0 Å². The van der Waals surface area contributed by atoms with Gasteiger partial charge in [0.2, 0.25) is 0 Å². The third-order valence-electron chi connectivity index (χ3n) is 0.552. The van der Waals surface area contributed by atoms with Crippen molar-refractivity contribution in [3.63, 3.8) is 0 Å². The molecular formula is C3H9NaO5S. The Kier molecular flexibility index (Phi) is 13.5. The van der Waals surface area contributed by atoms with Crippen molar-refractivity contribution < 1.29 is 53.1 Å². The number of hydrogen-bond donors (Lipinski definition) is 1. The van der Waals surface area contributed by atoms with E-state index >= 15 is 0 Å². The molecule has 0 unspecified atom stereocenters. The molecule has 0 aliphatic heterocycles. The molecule has 3 N–H and O–H groups in total. The predicted octanol–water partition coefficient (Wildman–Crippen LogP) is -4.91. The maximum atomic E-state index is 9.72. The van der Waals surface area contributed by atoms with Gasteiger partial charge in [0.25, 0.3) is 0 Å². The van der Waals surface area contributed by atoms with Gasteiger partial charge in [-0.05, 0) is 6.42 Å². The molecule has 0 amide bonds. The molecule has 5 nitrogen and oxygen atoms in total. The van der Waals surface area contributed by atoms with Crippen LogP contribution in [0.5, 0.6) is 0 Å². The summed E-state index contributed by atoms with van der Waals surface area (Å²) < 4.78 is 29.2. The van der Waals surface area contributed by atoms with Crippen molar-refractivity contribution in [1.82, 2.24) is 0 Å². The molecule has 0 rings (SSSR count). The Bertz CT molecular complexity index is 141. The van der Waals surface area contributed by atoms with E-state index in [0.717, 1.165) is 0 Å². The van der Waals surface area contributed by atoms with Crippen molar-refractivity contribution in [1.29, 1.82) is 0 Å². The fourth-order valence-electron chi connectivity index (χ4n) is 0.241. The zero-order valence-corrected chi connectivity index (χ0v) is 8.52. The molecule has 0 heterocycles. The first-order valence-corrected chi connectivity index (χ1v) is 3.68. The monoisotopic (exact) mass is 180 g/mol. The van der Waals surface area contributed by atoms with Crippen LogP contribution in [-0.2, 0) is 10.1 Å². The van der Waals surface area contributed by atoms with E-state index in [1.807, 2.05) is 0 Å². The number of hydrogen-bond acceptors (Lipinski definition) is 4. The zero-order valence-electron chi connectivity index (χ0n) is 5.70. The molecule has 0 radical (unpaired) electrons. The van der Waals surface area contributed by atoms with Crippen LogP contribution in [0.1, 0.15) is 6.42 Å². The zero-order chi connectivity index (χ0) is 6.62. The Morgan fingerprint density at radius 3 is 1.90 bits per heavy atom. The topological polar surface area (TPSA) is 109 Å². The third kappa shape index (κ3) is 15.9. The Morgan fingerprint density at radius 2 is 1.80 bits per heavy atom. The summed E-state index contributed by atoms with van der Waals surface area (Å²) >= 11 is 0. The third-order valence-corrected chi connectivity index (χ3v) is 1.34. The minimum absolute atomic E-state index is 0. The average molecular weight is 180 g/mol. The van der Waals surface area contributed by atoms with Crippen LogP contribution in [0.25, 0.3) is 0 Å². The van der Waals surface area contributed by atoms with Crippen LogP contribution in [0.4, 0.5) is 0 Å². The molecular weight excluding hydrogens is 171 g/mol. The molecule has 0 aliphatic rings. The van der Waals surface area contributed by atoms with Crippen LogP contribution >= 0.6 is 0 Å². The summed E-state index contributed by atoms with van der Waals surface area (Å²) in [5, 5.41) is 8.03. The summed E-state index contributed by atoms with van der Waals surface area (Å²) in [6.45, 7) is -0.249. The van der Waals surface area contributed by atoms with Crippen LogP contribution in [0.15, 0.2) is 0 Å². The van der Waals surface area contributed by atoms with Gasteiger partial charge in [-0.3, -0.25) is 0 Å². The smallest absolute Gasteiger partial charge is 0.748 e. The van der Waals surface area contributed by atoms with Gasteiger partial charge in [0.1, 0.15) is 0 Å². The van der Waals surface area contributed by atoms with Crippen molar-refractivity contribution in [2.45, 2.75) is 6.42 Å². The van der Waals surface area contributed by atoms with Gasteiger partial charge in [0.15, 0.2) is 0 Å². The minimum atomic E-state index is -4.10. The van der Waals surface area contributed by atoms with E-state index in [-0.39, 0.29) is 48.1 Å². The summed E-state index contributed by atoms with van der Waals surface area (Å²) in [5.41, 5.74) is 0. The first kappa shape index (κ1) is 17.1. The molecule has 0 saturated heterocycles. The summed E-state index contributed by atoms with van der Waals surface area (Å²) in [7, 11) is -4.10. The summed E-state index contributed by atoms with van der Waals surface area (Å²) in [6, 6.07) is 0. The van der Waals surface area contributed by atoms with Crippen molar-refractivity contribution >= 4 is 10.1 Å². The summed E-state index contributed by atoms with van der Waals surface area (Å²) in [6.07, 6.45) is 0.0336. The van der Waals surface area contributed by atoms with E-state index in [4.69, 9.17) is 5.11 Å². The molecule has 0 atom stereocenters. The normalized spacial score (nSPS) is 9.40. The molecule has 0 bridgehead atoms. The first-order chi connectivity index (χ1) is 3.56. The SMILES string of the molecule is O.O=S(=O)([O-])CCCO.[Na+]. The fraction of sp³-hybridized carbons (Fsp3) is 1.00. The predicted molar refractivity (Wildman–Crippen MR) is 29.9 cm³/mol. The van der Waals surface area contributed by atoms with Crippen LogP contribution in [0.2, 0.25) is 0 Å². The molecule has 0 aromatic heterocycles. The van der Waals surface area contributed by atoms with Crippen molar-refractivity contribution in [3.05, 3.63) is 0 Å². The molecule has 10 heavy (non-hydrogen) atoms. The second-order valence-electron chi connectivity index (χ2n) is 1.34. The second-order valence-corrected chi connectivity index (χ2v) is 2.86. The molecule has 0 aliphatic carbocycles. The van der Waals surface area contributed by atoms with Crippen molar-refractivity contribution in [2.24, 2.45) is 0 Å². The quantitative estimate of drug-likeness (QED) is 0.346. The molecule has 0 aromatic rings. The Balaban J connectivity index is -0.000000245. The van der Waals surface area contributed by atoms with Gasteiger partial charge in [0, 0.05) is 12.4 Å². The summed E-state index contributed by atoms with van der Waals surface area (Å²) in [4.78, 5) is 0. The average Bonchev–Trinajstić information content (AvgIpc) is 1.59. The molecule has 0 saturated carbocycles. The van der Waals surface area contributed by atoms with Crippen LogP contribution in [0.3, 0.4) is 0 Å². The molecule has 7 heteroatoms. The first-order valence-electron chi connectivity index (χ1n) is 2.10. The number of aliphatic hydroxyl groups excluding tert-OH is 1. The number of rotatable bonds is 3. The van der Waals surface area contributed by atoms with Gasteiger partial charge in [-0.25, -0.2) is 8.42 Å². The molecule has 0 aromatic carbocycles. The van der Waals surface area contributed by atoms with Gasteiger partial charge in [-0.2, -0.15) is 0 Å². The Hall–Kier alpha value is 0.830. The van der Waals surface area contributed by atoms with Crippen LogP contribution < -0.4 is 29.6 Å². The van der Waals surface area contributed by atoms with Gasteiger partial charge in [-0.1, -0.05) is 0 Å². The second kappa shape index (κ2) is 7.93. The van der Waals surface area contributed by atoms with E-state index in [2.05, 4.69) is 0 Å². The van der Waals surface area contributed by atoms with E-state index in [9.17, 15) is 13.0 Å². The maximum Gasteiger partial charge on any atom is 1.00 e. The van der Waals surface area contributed by atoms with Gasteiger partial charge in [-0.15, -0.1) is 0 Å². The summed E-state index contributed by atoms with van der Waals surface area (Å²) in [5.74, 6) is -0.469. The van der Waals surface area contributed by atoms with Crippen molar-refractivity contribution in [3.8, 4) is 0 Å². The Morgan fingerprint density at radius 1 is 1.40 bits per heavy atom. The number of aliphatic hydroxyl groups is 1. The Labute approximate surface area is 81.8 Å². The van der Waals surface area contributed by atoms with Crippen LogP contribution in [-0.4, -0.2) is 35.9 Å². The largest absolute Gasteiger partial charge is 1.00 e. The van der Waals surface area contributed by atoms with E-state index in [1.54, 1.807) is 0 Å². The van der Waals surface area contributed by atoms with Crippen LogP contribution in [0, 0.1) is 0 Å². The van der Waals surface area contributed by atoms with E-state index in [0.29, 0.717) is 0 Å². The van der Waals surface area contributed by atoms with Gasteiger partial charge >= 0.3 is 29.6 Å². The standard InChI is InChI=1S/C3H8O4S.Na.H2O/c4-2-1-3-8(5,6)7;;/h4H,1-3H2,(H,5,6,7);;1H2/q;+1;/p-1. The molecule has 0 fully saturated rings. The van der Waals surface area contributed by atoms with E-state index < -0.39 is 15.9 Å². The fourth-order valence-corrected chi connectivity index (χ4v) is 0.724. The van der Waals surface area contributed by atoms with Gasteiger partial charge in [0.05, 0.1) is 10.1 Å². The minimum Gasteiger partial charge on any atom is -0.748 e. The maximum absolute atomic E-state index is 9.72. The molecule has 58 valence electrons.